The number of hydrogen-bond donors (Lipinski definition) is 0. The Bertz CT molecular complexity index is 1110. The minimum absolute atomic E-state index is 0.0985. The number of rotatable bonds is 4. The van der Waals surface area contributed by atoms with Gasteiger partial charge in [-0.25, -0.2) is 18.6 Å². The van der Waals surface area contributed by atoms with Gasteiger partial charge in [-0.2, -0.15) is 0 Å². The number of morpholine rings is 1. The molecule has 0 aliphatic carbocycles. The van der Waals surface area contributed by atoms with Crippen LogP contribution in [0.25, 0.3) is 11.0 Å². The molecule has 3 aromatic rings. The van der Waals surface area contributed by atoms with E-state index in [2.05, 4.69) is 15.0 Å². The number of carbonyl (C=O) groups is 1. The fraction of sp³-hybridized carbons (Fsp3) is 0.238. The van der Waals surface area contributed by atoms with E-state index in [0.717, 1.165) is 18.2 Å². The molecule has 9 heteroatoms. The first-order chi connectivity index (χ1) is 14.5. The number of aliphatic imine (C=N–C) groups is 1. The lowest BCUT2D eigenvalue weighted by molar-refractivity contribution is 0.0601. The monoisotopic (exact) mass is 412 g/mol. The van der Waals surface area contributed by atoms with Crippen LogP contribution in [0.2, 0.25) is 0 Å². The third-order valence-corrected chi connectivity index (χ3v) is 4.62. The van der Waals surface area contributed by atoms with Gasteiger partial charge in [0.25, 0.3) is 0 Å². The Hall–Kier alpha value is -3.46. The first-order valence-electron chi connectivity index (χ1n) is 9.25. The first-order valence-corrected chi connectivity index (χ1v) is 9.25. The van der Waals surface area contributed by atoms with Gasteiger partial charge in [0.15, 0.2) is 0 Å². The molecule has 1 fully saturated rings. The minimum Gasteiger partial charge on any atom is -0.465 e. The summed E-state index contributed by atoms with van der Waals surface area (Å²) in [5, 5.41) is 0. The number of carbonyl (C=O) groups excluding carboxylic acids is 1. The van der Waals surface area contributed by atoms with Crippen LogP contribution in [0.1, 0.15) is 15.9 Å². The zero-order valence-corrected chi connectivity index (χ0v) is 16.1. The second kappa shape index (κ2) is 8.50. The topological polar surface area (TPSA) is 76.9 Å². The van der Waals surface area contributed by atoms with Gasteiger partial charge < -0.3 is 14.4 Å². The second-order valence-corrected chi connectivity index (χ2v) is 6.64. The fourth-order valence-electron chi connectivity index (χ4n) is 3.17. The maximum Gasteiger partial charge on any atom is 0.337 e. The normalized spacial score (nSPS) is 14.4. The molecule has 2 aromatic carbocycles. The summed E-state index contributed by atoms with van der Waals surface area (Å²) in [4.78, 5) is 27.4. The molecule has 1 saturated heterocycles. The Morgan fingerprint density at radius 2 is 1.90 bits per heavy atom. The molecular weight excluding hydrogens is 394 g/mol. The van der Waals surface area contributed by atoms with Gasteiger partial charge in [-0.1, -0.05) is 0 Å². The summed E-state index contributed by atoms with van der Waals surface area (Å²) in [7, 11) is 1.28. The molecule has 0 N–H and O–H groups in total. The van der Waals surface area contributed by atoms with Gasteiger partial charge in [-0.3, -0.25) is 9.98 Å². The van der Waals surface area contributed by atoms with E-state index in [9.17, 15) is 13.6 Å². The van der Waals surface area contributed by atoms with E-state index in [1.165, 1.54) is 13.3 Å². The third kappa shape index (κ3) is 4.25. The zero-order valence-electron chi connectivity index (χ0n) is 16.1. The van der Waals surface area contributed by atoms with Crippen molar-refractivity contribution in [3.8, 4) is 0 Å². The Labute approximate surface area is 171 Å². The number of ether oxygens (including phenoxy) is 2. The van der Waals surface area contributed by atoms with Crippen molar-refractivity contribution >= 4 is 34.7 Å². The van der Waals surface area contributed by atoms with Crippen molar-refractivity contribution in [3.05, 3.63) is 59.3 Å². The maximum absolute atomic E-state index is 13.5. The van der Waals surface area contributed by atoms with E-state index >= 15 is 0 Å². The Morgan fingerprint density at radius 1 is 1.17 bits per heavy atom. The van der Waals surface area contributed by atoms with Crippen LogP contribution in [0.5, 0.6) is 0 Å². The predicted octanol–water partition coefficient (Wildman–Crippen LogP) is 3.28. The van der Waals surface area contributed by atoms with Gasteiger partial charge in [0.1, 0.15) is 17.5 Å². The summed E-state index contributed by atoms with van der Waals surface area (Å²) in [6.07, 6.45) is 3.04. The third-order valence-electron chi connectivity index (χ3n) is 4.62. The van der Waals surface area contributed by atoms with Crippen LogP contribution in [-0.4, -0.2) is 55.6 Å². The molecular formula is C21H18F2N4O3. The summed E-state index contributed by atoms with van der Waals surface area (Å²) in [6, 6.07) is 6.13. The summed E-state index contributed by atoms with van der Waals surface area (Å²) >= 11 is 0. The van der Waals surface area contributed by atoms with Gasteiger partial charge in [-0.05, 0) is 24.3 Å². The molecule has 0 amide bonds. The summed E-state index contributed by atoms with van der Waals surface area (Å²) in [5.74, 6) is -1.33. The molecule has 154 valence electrons. The average molecular weight is 412 g/mol. The molecule has 30 heavy (non-hydrogen) atoms. The van der Waals surface area contributed by atoms with Crippen LogP contribution >= 0.6 is 0 Å². The van der Waals surface area contributed by atoms with Crippen LogP contribution in [-0.2, 0) is 9.47 Å². The molecule has 4 rings (SSSR count). The molecule has 1 aliphatic rings. The lowest BCUT2D eigenvalue weighted by Gasteiger charge is -2.27. The number of esters is 1. The molecule has 0 radical (unpaired) electrons. The van der Waals surface area contributed by atoms with Gasteiger partial charge in [0.05, 0.1) is 48.8 Å². The quantitative estimate of drug-likeness (QED) is 0.484. The van der Waals surface area contributed by atoms with Gasteiger partial charge >= 0.3 is 5.97 Å². The molecule has 1 aliphatic heterocycles. The highest BCUT2D eigenvalue weighted by atomic mass is 19.1. The van der Waals surface area contributed by atoms with E-state index < -0.39 is 17.6 Å². The van der Waals surface area contributed by atoms with Crippen molar-refractivity contribution in [1.82, 2.24) is 9.97 Å². The van der Waals surface area contributed by atoms with Crippen molar-refractivity contribution < 1.29 is 23.0 Å². The summed E-state index contributed by atoms with van der Waals surface area (Å²) in [6.45, 7) is 2.57. The van der Waals surface area contributed by atoms with E-state index in [-0.39, 0.29) is 11.3 Å². The molecule has 2 heterocycles. The maximum atomic E-state index is 13.5. The van der Waals surface area contributed by atoms with Crippen molar-refractivity contribution in [3.63, 3.8) is 0 Å². The molecule has 0 atom stereocenters. The van der Waals surface area contributed by atoms with E-state index in [0.29, 0.717) is 48.7 Å². The number of nitrogens with zero attached hydrogens (tertiary/aromatic N) is 4. The standard InChI is InChI=1S/C21H18F2N4O3/c1-29-21(28)13-6-14(11-24-17-9-15(22)8-16(23)10-17)20-18(7-13)25-12-19(26-20)27-2-4-30-5-3-27/h6-12H,2-5H2,1H3/b24-11+. The van der Waals surface area contributed by atoms with E-state index in [1.807, 2.05) is 4.90 Å². The lowest BCUT2D eigenvalue weighted by Crippen LogP contribution is -2.36. The van der Waals surface area contributed by atoms with Crippen molar-refractivity contribution in [1.29, 1.82) is 0 Å². The second-order valence-electron chi connectivity index (χ2n) is 6.64. The summed E-state index contributed by atoms with van der Waals surface area (Å²) in [5.41, 5.74) is 1.82. The van der Waals surface area contributed by atoms with Gasteiger partial charge in [0, 0.05) is 30.9 Å². The van der Waals surface area contributed by atoms with Gasteiger partial charge in [-0.15, -0.1) is 0 Å². The highest BCUT2D eigenvalue weighted by Gasteiger charge is 2.16. The average Bonchev–Trinajstić information content (AvgIpc) is 2.76. The van der Waals surface area contributed by atoms with Crippen molar-refractivity contribution in [2.75, 3.05) is 38.3 Å². The van der Waals surface area contributed by atoms with Crippen LogP contribution < -0.4 is 4.90 Å². The first kappa shape index (κ1) is 19.8. The van der Waals surface area contributed by atoms with Crippen LogP contribution in [0.4, 0.5) is 20.3 Å². The lowest BCUT2D eigenvalue weighted by atomic mass is 10.1. The molecule has 7 nitrogen and oxygen atoms in total. The SMILES string of the molecule is COC(=O)c1cc(/C=N/c2cc(F)cc(F)c2)c2nc(N3CCOCC3)cnc2c1. The number of anilines is 1. The van der Waals surface area contributed by atoms with Gasteiger partial charge in [0.2, 0.25) is 0 Å². The Kier molecular flexibility index (Phi) is 5.62. The van der Waals surface area contributed by atoms with Crippen LogP contribution in [0.15, 0.2) is 41.5 Å². The number of benzene rings is 2. The molecule has 1 aromatic heterocycles. The number of halogens is 2. The minimum atomic E-state index is -0.732. The molecule has 0 unspecified atom stereocenters. The number of fused-ring (bicyclic) bond motifs is 1. The molecule has 0 saturated carbocycles. The smallest absolute Gasteiger partial charge is 0.337 e. The molecule has 0 spiro atoms. The van der Waals surface area contributed by atoms with Crippen molar-refractivity contribution in [2.24, 2.45) is 4.99 Å². The van der Waals surface area contributed by atoms with Crippen molar-refractivity contribution in [2.45, 2.75) is 0 Å². The number of methoxy groups -OCH3 is 1. The number of hydrogen-bond acceptors (Lipinski definition) is 7. The largest absolute Gasteiger partial charge is 0.465 e. The highest BCUT2D eigenvalue weighted by molar-refractivity contribution is 6.02. The Balaban J connectivity index is 1.80. The predicted molar refractivity (Wildman–Crippen MR) is 108 cm³/mol. The van der Waals surface area contributed by atoms with E-state index in [1.54, 1.807) is 18.3 Å². The Morgan fingerprint density at radius 3 is 2.60 bits per heavy atom. The van der Waals surface area contributed by atoms with Crippen LogP contribution in [0.3, 0.4) is 0 Å². The molecule has 0 bridgehead atoms. The van der Waals surface area contributed by atoms with Crippen LogP contribution in [0, 0.1) is 11.6 Å². The van der Waals surface area contributed by atoms with E-state index in [4.69, 9.17) is 9.47 Å². The highest BCUT2D eigenvalue weighted by Crippen LogP contribution is 2.23. The zero-order chi connectivity index (χ0) is 21.1. The summed E-state index contributed by atoms with van der Waals surface area (Å²) < 4.78 is 37.1. The number of aromatic nitrogens is 2. The fourth-order valence-corrected chi connectivity index (χ4v) is 3.17.